The van der Waals surface area contributed by atoms with Gasteiger partial charge in [0.05, 0.1) is 25.6 Å². The quantitative estimate of drug-likeness (QED) is 0.400. The van der Waals surface area contributed by atoms with Crippen LogP contribution in [0.3, 0.4) is 0 Å². The van der Waals surface area contributed by atoms with E-state index in [1.165, 1.54) is 11.3 Å². The largest absolute Gasteiger partial charge is 0.493 e. The number of aromatic nitrogens is 1. The van der Waals surface area contributed by atoms with Gasteiger partial charge in [0.1, 0.15) is 0 Å². The zero-order valence-electron chi connectivity index (χ0n) is 14.4. The first-order valence-corrected chi connectivity index (χ1v) is 9.68. The molecule has 2 aromatic carbocycles. The Morgan fingerprint density at radius 2 is 2.00 bits per heavy atom. The summed E-state index contributed by atoms with van der Waals surface area (Å²) in [7, 11) is 1.62. The highest BCUT2D eigenvalue weighted by Gasteiger charge is 2.05. The number of hydrogen-bond acceptors (Lipinski definition) is 6. The Morgan fingerprint density at radius 3 is 2.73 bits per heavy atom. The van der Waals surface area contributed by atoms with Crippen LogP contribution in [0.25, 0.3) is 11.3 Å². The molecule has 1 heterocycles. The average Bonchev–Trinajstić information content (AvgIpc) is 3.12. The predicted molar refractivity (Wildman–Crippen MR) is 111 cm³/mol. The van der Waals surface area contributed by atoms with E-state index < -0.39 is 0 Å². The molecule has 3 aromatic rings. The lowest BCUT2D eigenvalue weighted by Gasteiger charge is -2.09. The second kappa shape index (κ2) is 8.82. The molecule has 0 fully saturated rings. The molecule has 1 N–H and O–H groups in total. The van der Waals surface area contributed by atoms with Gasteiger partial charge in [0, 0.05) is 15.4 Å². The van der Waals surface area contributed by atoms with Crippen LogP contribution in [0.15, 0.2) is 57.4 Å². The fourth-order valence-electron chi connectivity index (χ4n) is 2.28. The van der Waals surface area contributed by atoms with Crippen LogP contribution in [-0.2, 0) is 0 Å². The van der Waals surface area contributed by atoms with Crippen molar-refractivity contribution in [1.82, 2.24) is 4.98 Å². The number of hydrazone groups is 1. The number of benzene rings is 2. The second-order valence-corrected chi connectivity index (χ2v) is 7.03. The van der Waals surface area contributed by atoms with E-state index in [1.54, 1.807) is 13.3 Å². The lowest BCUT2D eigenvalue weighted by molar-refractivity contribution is 0.311. The van der Waals surface area contributed by atoms with E-state index in [1.807, 2.05) is 54.8 Å². The van der Waals surface area contributed by atoms with Crippen molar-refractivity contribution in [3.8, 4) is 22.8 Å². The van der Waals surface area contributed by atoms with Gasteiger partial charge in [-0.3, -0.25) is 5.43 Å². The number of thiazole rings is 1. The number of rotatable bonds is 7. The smallest absolute Gasteiger partial charge is 0.203 e. The molecule has 0 spiro atoms. The molecule has 0 saturated carbocycles. The van der Waals surface area contributed by atoms with Crippen molar-refractivity contribution in [2.24, 2.45) is 5.10 Å². The van der Waals surface area contributed by atoms with Crippen molar-refractivity contribution in [2.75, 3.05) is 19.1 Å². The van der Waals surface area contributed by atoms with Gasteiger partial charge in [0.25, 0.3) is 0 Å². The summed E-state index contributed by atoms with van der Waals surface area (Å²) in [5.41, 5.74) is 5.87. The molecule has 0 aliphatic heterocycles. The Kier molecular flexibility index (Phi) is 6.25. The van der Waals surface area contributed by atoms with Crippen LogP contribution in [0.4, 0.5) is 5.13 Å². The van der Waals surface area contributed by atoms with Crippen LogP contribution >= 0.6 is 27.3 Å². The van der Waals surface area contributed by atoms with Gasteiger partial charge in [0.15, 0.2) is 11.5 Å². The number of nitrogens with zero attached hydrogens (tertiary/aromatic N) is 2. The van der Waals surface area contributed by atoms with Crippen molar-refractivity contribution in [2.45, 2.75) is 6.92 Å². The minimum Gasteiger partial charge on any atom is -0.493 e. The van der Waals surface area contributed by atoms with Crippen LogP contribution in [0.1, 0.15) is 12.5 Å². The summed E-state index contributed by atoms with van der Waals surface area (Å²) in [6.07, 6.45) is 1.72. The van der Waals surface area contributed by atoms with Crippen LogP contribution in [0, 0.1) is 0 Å². The summed E-state index contributed by atoms with van der Waals surface area (Å²) < 4.78 is 11.9. The Labute approximate surface area is 164 Å². The molecule has 0 aliphatic rings. The molecule has 5 nitrogen and oxygen atoms in total. The SMILES string of the molecule is CCOc1cc(/C=N\Nc2nc(-c3ccc(Br)cc3)cs2)ccc1OC. The van der Waals surface area contributed by atoms with Gasteiger partial charge in [-0.15, -0.1) is 11.3 Å². The molecule has 134 valence electrons. The first-order chi connectivity index (χ1) is 12.7. The van der Waals surface area contributed by atoms with Crippen LogP contribution in [-0.4, -0.2) is 24.9 Å². The summed E-state index contributed by atoms with van der Waals surface area (Å²) >= 11 is 4.95. The van der Waals surface area contributed by atoms with Crippen molar-refractivity contribution in [3.05, 3.63) is 57.9 Å². The van der Waals surface area contributed by atoms with Gasteiger partial charge in [0.2, 0.25) is 5.13 Å². The molecule has 26 heavy (non-hydrogen) atoms. The highest BCUT2D eigenvalue weighted by molar-refractivity contribution is 9.10. The molecule has 0 saturated heterocycles. The minimum atomic E-state index is 0.577. The fourth-order valence-corrected chi connectivity index (χ4v) is 3.22. The zero-order valence-corrected chi connectivity index (χ0v) is 16.8. The van der Waals surface area contributed by atoms with Gasteiger partial charge in [-0.2, -0.15) is 5.10 Å². The Bertz CT molecular complexity index is 894. The minimum absolute atomic E-state index is 0.577. The molecule has 0 bridgehead atoms. The summed E-state index contributed by atoms with van der Waals surface area (Å²) in [6.45, 7) is 2.51. The third-order valence-electron chi connectivity index (χ3n) is 3.51. The normalized spacial score (nSPS) is 10.9. The van der Waals surface area contributed by atoms with E-state index in [2.05, 4.69) is 31.4 Å². The molecule has 0 radical (unpaired) electrons. The first-order valence-electron chi connectivity index (χ1n) is 8.01. The molecular weight excluding hydrogens is 414 g/mol. The van der Waals surface area contributed by atoms with Gasteiger partial charge < -0.3 is 9.47 Å². The van der Waals surface area contributed by atoms with Gasteiger partial charge >= 0.3 is 0 Å². The number of methoxy groups -OCH3 is 1. The summed E-state index contributed by atoms with van der Waals surface area (Å²) in [5, 5.41) is 6.99. The van der Waals surface area contributed by atoms with E-state index in [0.29, 0.717) is 18.1 Å². The lowest BCUT2D eigenvalue weighted by atomic mass is 10.2. The third kappa shape index (κ3) is 4.62. The van der Waals surface area contributed by atoms with Crippen molar-refractivity contribution >= 4 is 38.6 Å². The monoisotopic (exact) mass is 431 g/mol. The van der Waals surface area contributed by atoms with E-state index in [4.69, 9.17) is 9.47 Å². The van der Waals surface area contributed by atoms with Crippen LogP contribution in [0.5, 0.6) is 11.5 Å². The van der Waals surface area contributed by atoms with E-state index in [9.17, 15) is 0 Å². The number of anilines is 1. The molecule has 0 amide bonds. The molecule has 0 unspecified atom stereocenters. The standard InChI is InChI=1S/C19H18BrN3O2S/c1-3-25-18-10-13(4-9-17(18)24-2)11-21-23-19-22-16(12-26-19)14-5-7-15(20)8-6-14/h4-12H,3H2,1-2H3,(H,22,23)/b21-11-. The summed E-state index contributed by atoms with van der Waals surface area (Å²) in [6, 6.07) is 13.7. The maximum absolute atomic E-state index is 5.57. The fraction of sp³-hybridized carbons (Fsp3) is 0.158. The van der Waals surface area contributed by atoms with Gasteiger partial charge in [-0.05, 0) is 42.8 Å². The maximum Gasteiger partial charge on any atom is 0.203 e. The molecule has 7 heteroatoms. The van der Waals surface area contributed by atoms with Crippen molar-refractivity contribution in [3.63, 3.8) is 0 Å². The Balaban J connectivity index is 1.67. The average molecular weight is 432 g/mol. The third-order valence-corrected chi connectivity index (χ3v) is 4.78. The van der Waals surface area contributed by atoms with Gasteiger partial charge in [-0.1, -0.05) is 28.1 Å². The van der Waals surface area contributed by atoms with Crippen molar-refractivity contribution in [1.29, 1.82) is 0 Å². The molecule has 0 atom stereocenters. The molecule has 0 aliphatic carbocycles. The van der Waals surface area contributed by atoms with Crippen LogP contribution < -0.4 is 14.9 Å². The first kappa shape index (κ1) is 18.4. The Morgan fingerprint density at radius 1 is 1.19 bits per heavy atom. The van der Waals surface area contributed by atoms with Crippen LogP contribution in [0.2, 0.25) is 0 Å². The highest BCUT2D eigenvalue weighted by atomic mass is 79.9. The van der Waals surface area contributed by atoms with E-state index in [0.717, 1.165) is 26.4 Å². The lowest BCUT2D eigenvalue weighted by Crippen LogP contribution is -1.97. The molecule has 3 rings (SSSR count). The van der Waals surface area contributed by atoms with E-state index >= 15 is 0 Å². The number of hydrogen-bond donors (Lipinski definition) is 1. The number of ether oxygens (including phenoxy) is 2. The number of halogens is 1. The Hall–Kier alpha value is -2.38. The number of nitrogens with one attached hydrogen (secondary N) is 1. The zero-order chi connectivity index (χ0) is 18.4. The molecule has 1 aromatic heterocycles. The summed E-state index contributed by atoms with van der Waals surface area (Å²) in [5.74, 6) is 1.40. The second-order valence-electron chi connectivity index (χ2n) is 5.26. The topological polar surface area (TPSA) is 55.7 Å². The summed E-state index contributed by atoms with van der Waals surface area (Å²) in [4.78, 5) is 4.55. The maximum atomic E-state index is 5.57. The van der Waals surface area contributed by atoms with E-state index in [-0.39, 0.29) is 0 Å². The predicted octanol–water partition coefficient (Wildman–Crippen LogP) is 5.43. The van der Waals surface area contributed by atoms with Gasteiger partial charge in [-0.25, -0.2) is 4.98 Å². The highest BCUT2D eigenvalue weighted by Crippen LogP contribution is 2.28. The molecular formula is C19H18BrN3O2S. The van der Waals surface area contributed by atoms with Crippen molar-refractivity contribution < 1.29 is 9.47 Å².